The Bertz CT molecular complexity index is 433. The number of rotatable bonds is 3. The summed E-state index contributed by atoms with van der Waals surface area (Å²) in [6.07, 6.45) is 3.46. The molecule has 1 atom stereocenters. The molecule has 5 heteroatoms. The summed E-state index contributed by atoms with van der Waals surface area (Å²) in [5.41, 5.74) is 0.0419. The zero-order valence-electron chi connectivity index (χ0n) is 10.2. The van der Waals surface area contributed by atoms with E-state index in [-0.39, 0.29) is 22.4 Å². The Morgan fingerprint density at radius 2 is 2.22 bits per heavy atom. The third-order valence-corrected chi connectivity index (χ3v) is 3.66. The van der Waals surface area contributed by atoms with Gasteiger partial charge in [0.25, 0.3) is 0 Å². The van der Waals surface area contributed by atoms with Gasteiger partial charge in [-0.15, -0.1) is 0 Å². The van der Waals surface area contributed by atoms with Gasteiger partial charge in [0.1, 0.15) is 16.6 Å². The second-order valence-electron chi connectivity index (χ2n) is 4.52. The van der Waals surface area contributed by atoms with Gasteiger partial charge < -0.3 is 10.1 Å². The van der Waals surface area contributed by atoms with Crippen LogP contribution in [0.15, 0.2) is 6.07 Å². The maximum Gasteiger partial charge on any atom is 0.151 e. The quantitative estimate of drug-likeness (QED) is 0.855. The number of ether oxygens (including phenoxy) is 1. The maximum atomic E-state index is 14.0. The lowest BCUT2D eigenvalue weighted by atomic mass is 9.97. The van der Waals surface area contributed by atoms with Crippen LogP contribution in [0, 0.1) is 11.6 Å². The molecule has 18 heavy (non-hydrogen) atoms. The van der Waals surface area contributed by atoms with Crippen LogP contribution in [0.25, 0.3) is 0 Å². The Labute approximate surface area is 110 Å². The molecule has 0 bridgehead atoms. The van der Waals surface area contributed by atoms with Crippen LogP contribution in [0.2, 0.25) is 5.02 Å². The minimum Gasteiger partial charge on any atom is -0.495 e. The first-order chi connectivity index (χ1) is 8.63. The van der Waals surface area contributed by atoms with E-state index in [0.29, 0.717) is 6.42 Å². The smallest absolute Gasteiger partial charge is 0.151 e. The van der Waals surface area contributed by atoms with Crippen LogP contribution in [-0.4, -0.2) is 19.7 Å². The highest BCUT2D eigenvalue weighted by Crippen LogP contribution is 2.32. The SMILES string of the molecule is COc1cc(F)c(CC2CCCCN2)c(F)c1Cl. The summed E-state index contributed by atoms with van der Waals surface area (Å²) >= 11 is 5.80. The largest absolute Gasteiger partial charge is 0.495 e. The van der Waals surface area contributed by atoms with Crippen LogP contribution in [0.5, 0.6) is 5.75 Å². The molecular weight excluding hydrogens is 260 g/mol. The van der Waals surface area contributed by atoms with E-state index in [4.69, 9.17) is 16.3 Å². The molecule has 0 saturated carbocycles. The Kier molecular flexibility index (Phi) is 4.40. The minimum atomic E-state index is -0.708. The van der Waals surface area contributed by atoms with Gasteiger partial charge in [-0.3, -0.25) is 0 Å². The van der Waals surface area contributed by atoms with E-state index >= 15 is 0 Å². The summed E-state index contributed by atoms with van der Waals surface area (Å²) in [5, 5.41) is 3.11. The van der Waals surface area contributed by atoms with E-state index in [2.05, 4.69) is 5.32 Å². The summed E-state index contributed by atoms with van der Waals surface area (Å²) in [6.45, 7) is 0.901. The summed E-state index contributed by atoms with van der Waals surface area (Å²) in [7, 11) is 1.34. The number of halogens is 3. The minimum absolute atomic E-state index is 0.0343. The summed E-state index contributed by atoms with van der Waals surface area (Å²) < 4.78 is 32.6. The molecule has 0 radical (unpaired) electrons. The van der Waals surface area contributed by atoms with Crippen molar-refractivity contribution in [3.05, 3.63) is 28.3 Å². The first kappa shape index (κ1) is 13.6. The van der Waals surface area contributed by atoms with Gasteiger partial charge in [-0.2, -0.15) is 0 Å². The third-order valence-electron chi connectivity index (χ3n) is 3.30. The Morgan fingerprint density at radius 1 is 1.44 bits per heavy atom. The lowest BCUT2D eigenvalue weighted by molar-refractivity contribution is 0.383. The predicted octanol–water partition coefficient (Wildman–Crippen LogP) is 3.31. The van der Waals surface area contributed by atoms with E-state index in [0.717, 1.165) is 31.9 Å². The molecule has 0 spiro atoms. The highest BCUT2D eigenvalue weighted by molar-refractivity contribution is 6.32. The van der Waals surface area contributed by atoms with Gasteiger partial charge in [-0.25, -0.2) is 8.78 Å². The second-order valence-corrected chi connectivity index (χ2v) is 4.90. The molecule has 1 fully saturated rings. The highest BCUT2D eigenvalue weighted by Gasteiger charge is 2.22. The summed E-state index contributed by atoms with van der Waals surface area (Å²) in [4.78, 5) is 0. The number of benzene rings is 1. The fourth-order valence-electron chi connectivity index (χ4n) is 2.29. The van der Waals surface area contributed by atoms with Crippen molar-refractivity contribution in [3.8, 4) is 5.75 Å². The average Bonchev–Trinajstić information content (AvgIpc) is 2.40. The maximum absolute atomic E-state index is 14.0. The monoisotopic (exact) mass is 275 g/mol. The van der Waals surface area contributed by atoms with Crippen LogP contribution in [-0.2, 0) is 6.42 Å². The van der Waals surface area contributed by atoms with Crippen molar-refractivity contribution in [1.29, 1.82) is 0 Å². The van der Waals surface area contributed by atoms with Crippen molar-refractivity contribution in [2.24, 2.45) is 0 Å². The van der Waals surface area contributed by atoms with Crippen LogP contribution >= 0.6 is 11.6 Å². The van der Waals surface area contributed by atoms with Gasteiger partial charge in [0.2, 0.25) is 0 Å². The number of hydrogen-bond donors (Lipinski definition) is 1. The summed E-state index contributed by atoms with van der Waals surface area (Å²) in [6, 6.07) is 1.26. The number of piperidine rings is 1. The molecule has 1 aliphatic rings. The van der Waals surface area contributed by atoms with Crippen molar-refractivity contribution >= 4 is 11.6 Å². The predicted molar refractivity (Wildman–Crippen MR) is 67.3 cm³/mol. The molecule has 2 rings (SSSR count). The number of methoxy groups -OCH3 is 1. The zero-order valence-corrected chi connectivity index (χ0v) is 11.0. The lowest BCUT2D eigenvalue weighted by Crippen LogP contribution is -2.36. The van der Waals surface area contributed by atoms with E-state index < -0.39 is 11.6 Å². The molecule has 0 aromatic heterocycles. The molecule has 1 aliphatic heterocycles. The van der Waals surface area contributed by atoms with E-state index in [1.807, 2.05) is 0 Å². The van der Waals surface area contributed by atoms with Crippen LogP contribution in [0.1, 0.15) is 24.8 Å². The van der Waals surface area contributed by atoms with Crippen molar-refractivity contribution in [3.63, 3.8) is 0 Å². The highest BCUT2D eigenvalue weighted by atomic mass is 35.5. The van der Waals surface area contributed by atoms with Gasteiger partial charge in [0.15, 0.2) is 5.82 Å². The van der Waals surface area contributed by atoms with Crippen LogP contribution in [0.4, 0.5) is 8.78 Å². The van der Waals surface area contributed by atoms with Gasteiger partial charge in [-0.05, 0) is 25.8 Å². The first-order valence-corrected chi connectivity index (χ1v) is 6.45. The van der Waals surface area contributed by atoms with Crippen LogP contribution < -0.4 is 10.1 Å². The lowest BCUT2D eigenvalue weighted by Gasteiger charge is -2.24. The molecule has 100 valence electrons. The number of hydrogen-bond acceptors (Lipinski definition) is 2. The molecule has 1 aromatic carbocycles. The Morgan fingerprint density at radius 3 is 2.83 bits per heavy atom. The first-order valence-electron chi connectivity index (χ1n) is 6.07. The van der Waals surface area contributed by atoms with Gasteiger partial charge in [-0.1, -0.05) is 18.0 Å². The Hall–Kier alpha value is -0.870. The van der Waals surface area contributed by atoms with Crippen molar-refractivity contribution in [1.82, 2.24) is 5.32 Å². The average molecular weight is 276 g/mol. The van der Waals surface area contributed by atoms with E-state index in [9.17, 15) is 8.78 Å². The number of nitrogens with one attached hydrogen (secondary N) is 1. The van der Waals surface area contributed by atoms with E-state index in [1.54, 1.807) is 0 Å². The van der Waals surface area contributed by atoms with E-state index in [1.165, 1.54) is 7.11 Å². The van der Waals surface area contributed by atoms with Crippen molar-refractivity contribution < 1.29 is 13.5 Å². The van der Waals surface area contributed by atoms with Gasteiger partial charge in [0, 0.05) is 17.7 Å². The fraction of sp³-hybridized carbons (Fsp3) is 0.538. The zero-order chi connectivity index (χ0) is 13.1. The normalized spacial score (nSPS) is 19.9. The second kappa shape index (κ2) is 5.85. The Balaban J connectivity index is 2.24. The molecule has 0 aliphatic carbocycles. The molecule has 1 saturated heterocycles. The fourth-order valence-corrected chi connectivity index (χ4v) is 2.54. The van der Waals surface area contributed by atoms with Crippen molar-refractivity contribution in [2.45, 2.75) is 31.7 Å². The van der Waals surface area contributed by atoms with Crippen LogP contribution in [0.3, 0.4) is 0 Å². The van der Waals surface area contributed by atoms with Gasteiger partial charge >= 0.3 is 0 Å². The van der Waals surface area contributed by atoms with Crippen molar-refractivity contribution in [2.75, 3.05) is 13.7 Å². The molecule has 0 amide bonds. The summed E-state index contributed by atoms with van der Waals surface area (Å²) in [5.74, 6) is -1.27. The molecule has 1 unspecified atom stereocenters. The standard InChI is InChI=1S/C13H16ClF2NO/c1-18-11-7-10(15)9(13(16)12(11)14)6-8-4-2-3-5-17-8/h7-8,17H,2-6H2,1H3. The third kappa shape index (κ3) is 2.75. The molecular formula is C13H16ClF2NO. The molecule has 2 nitrogen and oxygen atoms in total. The molecule has 1 aromatic rings. The molecule has 1 N–H and O–H groups in total. The molecule has 1 heterocycles. The topological polar surface area (TPSA) is 21.3 Å². The van der Waals surface area contributed by atoms with Gasteiger partial charge in [0.05, 0.1) is 7.11 Å².